The largest absolute Gasteiger partial charge is 0.497 e. The van der Waals surface area contributed by atoms with Crippen LogP contribution in [0.25, 0.3) is 0 Å². The van der Waals surface area contributed by atoms with Gasteiger partial charge in [0.05, 0.1) is 13.2 Å². The number of Topliss-reactive ketones (excluding diaryl/α,β-unsaturated/α-hetero) is 1. The number of methoxy groups -OCH3 is 1. The van der Waals surface area contributed by atoms with E-state index in [0.29, 0.717) is 30.0 Å². The molecule has 4 nitrogen and oxygen atoms in total. The molecule has 1 saturated heterocycles. The van der Waals surface area contributed by atoms with Gasteiger partial charge in [0.15, 0.2) is 12.1 Å². The van der Waals surface area contributed by atoms with Crippen LogP contribution < -0.4 is 4.74 Å². The minimum atomic E-state index is -0.0202. The van der Waals surface area contributed by atoms with Gasteiger partial charge in [0.2, 0.25) is 0 Å². The van der Waals surface area contributed by atoms with Crippen LogP contribution in [0.1, 0.15) is 80.1 Å². The summed E-state index contributed by atoms with van der Waals surface area (Å²) in [5, 5.41) is 0. The Kier molecular flexibility index (Phi) is 4.75. The minimum absolute atomic E-state index is 0.0202. The second-order valence-electron chi connectivity index (χ2n) is 9.50. The molecule has 0 bridgehead atoms. The number of fused-ring (bicyclic) bond motifs is 5. The molecule has 152 valence electrons. The molecular weight excluding hydrogens is 352 g/mol. The third kappa shape index (κ3) is 2.91. The average molecular weight is 385 g/mol. The molecule has 4 heteroatoms. The number of carbonyl (C=O) groups excluding carboxylic acids is 1. The van der Waals surface area contributed by atoms with Gasteiger partial charge < -0.3 is 14.2 Å². The van der Waals surface area contributed by atoms with Gasteiger partial charge in [-0.3, -0.25) is 4.79 Å². The van der Waals surface area contributed by atoms with E-state index in [0.717, 1.165) is 43.6 Å². The number of benzene rings is 1. The summed E-state index contributed by atoms with van der Waals surface area (Å²) in [6, 6.07) is 6.11. The molecule has 1 heterocycles. The number of hydrogen-bond acceptors (Lipinski definition) is 4. The number of hydrogen-bond donors (Lipinski definition) is 0. The van der Waals surface area contributed by atoms with Crippen molar-refractivity contribution in [2.75, 3.05) is 13.7 Å². The first kappa shape index (κ1) is 18.6. The maximum Gasteiger partial charge on any atom is 0.163 e. The Balaban J connectivity index is 1.39. The van der Waals surface area contributed by atoms with Gasteiger partial charge in [-0.15, -0.1) is 0 Å². The van der Waals surface area contributed by atoms with E-state index in [-0.39, 0.29) is 17.8 Å². The maximum atomic E-state index is 13.0. The van der Waals surface area contributed by atoms with Crippen molar-refractivity contribution < 1.29 is 19.0 Å². The second kappa shape index (κ2) is 7.14. The van der Waals surface area contributed by atoms with Crippen LogP contribution in [-0.4, -0.2) is 31.9 Å². The molecule has 28 heavy (non-hydrogen) atoms. The number of carbonyl (C=O) groups is 1. The van der Waals surface area contributed by atoms with Gasteiger partial charge in [0.25, 0.3) is 0 Å². The monoisotopic (exact) mass is 384 g/mol. The van der Waals surface area contributed by atoms with Crippen molar-refractivity contribution in [2.24, 2.45) is 17.3 Å². The van der Waals surface area contributed by atoms with Crippen LogP contribution in [-0.2, 0) is 9.47 Å². The fraction of sp³-hybridized carbons (Fsp3) is 0.708. The zero-order valence-electron chi connectivity index (χ0n) is 17.1. The van der Waals surface area contributed by atoms with Crippen LogP contribution in [0, 0.1) is 17.3 Å². The van der Waals surface area contributed by atoms with Crippen LogP contribution in [0.4, 0.5) is 0 Å². The summed E-state index contributed by atoms with van der Waals surface area (Å²) in [6.07, 6.45) is 8.92. The average Bonchev–Trinajstić information content (AvgIpc) is 3.05. The molecule has 0 N–H and O–H groups in total. The molecule has 4 aliphatic rings. The first-order valence-electron chi connectivity index (χ1n) is 11.1. The van der Waals surface area contributed by atoms with E-state index in [2.05, 4.69) is 13.0 Å². The van der Waals surface area contributed by atoms with Crippen molar-refractivity contribution in [1.82, 2.24) is 0 Å². The lowest BCUT2D eigenvalue weighted by molar-refractivity contribution is -0.212. The van der Waals surface area contributed by atoms with E-state index >= 15 is 0 Å². The van der Waals surface area contributed by atoms with Crippen LogP contribution in [0.3, 0.4) is 0 Å². The van der Waals surface area contributed by atoms with Crippen LogP contribution in [0.2, 0.25) is 0 Å². The second-order valence-corrected chi connectivity index (χ2v) is 9.50. The lowest BCUT2D eigenvalue weighted by atomic mass is 9.55. The summed E-state index contributed by atoms with van der Waals surface area (Å²) in [7, 11) is 1.67. The molecule has 0 amide bonds. The highest BCUT2D eigenvalue weighted by molar-refractivity contribution is 5.99. The molecule has 3 aliphatic carbocycles. The smallest absolute Gasteiger partial charge is 0.163 e. The zero-order chi connectivity index (χ0) is 19.3. The molecule has 6 atom stereocenters. The Hall–Kier alpha value is -1.39. The summed E-state index contributed by atoms with van der Waals surface area (Å²) in [5.74, 6) is 2.60. The molecule has 2 saturated carbocycles. The number of rotatable bonds is 3. The van der Waals surface area contributed by atoms with Crippen molar-refractivity contribution in [3.8, 4) is 5.75 Å². The molecule has 1 aromatic carbocycles. The van der Waals surface area contributed by atoms with Crippen LogP contribution >= 0.6 is 0 Å². The quantitative estimate of drug-likeness (QED) is 0.727. The molecule has 1 aliphatic heterocycles. The fourth-order valence-corrected chi connectivity index (χ4v) is 6.69. The summed E-state index contributed by atoms with van der Waals surface area (Å²) in [5.41, 5.74) is 2.32. The highest BCUT2D eigenvalue weighted by Gasteiger charge is 2.56. The van der Waals surface area contributed by atoms with E-state index in [9.17, 15) is 4.79 Å². The number of ether oxygens (including phenoxy) is 3. The fourth-order valence-electron chi connectivity index (χ4n) is 6.69. The first-order valence-corrected chi connectivity index (χ1v) is 11.1. The Morgan fingerprint density at radius 2 is 2.04 bits per heavy atom. The highest BCUT2D eigenvalue weighted by atomic mass is 16.7. The standard InChI is InChI=1S/C24H32O4/c1-24-11-10-17-16-7-6-15(26-2)13-19(16)21(25)14-18(17)20(24)8-9-22(24)28-23-5-3-4-12-27-23/h6-7,13,17-18,20,22-23H,3-5,8-12,14H2,1-2H3/t17-,18-,20+,22+,23?,24+/m0/s1. The van der Waals surface area contributed by atoms with E-state index in [1.165, 1.54) is 24.8 Å². The van der Waals surface area contributed by atoms with Gasteiger partial charge in [-0.05, 0) is 85.8 Å². The minimum Gasteiger partial charge on any atom is -0.497 e. The van der Waals surface area contributed by atoms with E-state index < -0.39 is 0 Å². The van der Waals surface area contributed by atoms with Gasteiger partial charge in [-0.25, -0.2) is 0 Å². The molecular formula is C24H32O4. The van der Waals surface area contributed by atoms with Crippen molar-refractivity contribution in [2.45, 2.75) is 76.6 Å². The zero-order valence-corrected chi connectivity index (χ0v) is 17.1. The third-order valence-electron chi connectivity index (χ3n) is 8.19. The van der Waals surface area contributed by atoms with Crippen molar-refractivity contribution in [1.29, 1.82) is 0 Å². The predicted molar refractivity (Wildman–Crippen MR) is 107 cm³/mol. The Morgan fingerprint density at radius 3 is 2.82 bits per heavy atom. The third-order valence-corrected chi connectivity index (χ3v) is 8.19. The lowest BCUT2D eigenvalue weighted by Crippen LogP contribution is -2.46. The van der Waals surface area contributed by atoms with Crippen molar-refractivity contribution in [3.63, 3.8) is 0 Å². The topological polar surface area (TPSA) is 44.8 Å². The molecule has 1 unspecified atom stereocenters. The predicted octanol–water partition coefficient (Wildman–Crippen LogP) is 5.10. The Labute approximate surface area is 167 Å². The van der Waals surface area contributed by atoms with E-state index in [1.54, 1.807) is 7.11 Å². The normalized spacial score (nSPS) is 39.8. The summed E-state index contributed by atoms with van der Waals surface area (Å²) in [4.78, 5) is 13.0. The number of ketones is 1. The Bertz CT molecular complexity index is 753. The molecule has 0 radical (unpaired) electrons. The maximum absolute atomic E-state index is 13.0. The van der Waals surface area contributed by atoms with Crippen molar-refractivity contribution in [3.05, 3.63) is 29.3 Å². The Morgan fingerprint density at radius 1 is 1.14 bits per heavy atom. The first-order chi connectivity index (χ1) is 13.6. The van der Waals surface area contributed by atoms with E-state index in [4.69, 9.17) is 14.2 Å². The van der Waals surface area contributed by atoms with Gasteiger partial charge in [-0.1, -0.05) is 13.0 Å². The summed E-state index contributed by atoms with van der Waals surface area (Å²) < 4.78 is 17.7. The van der Waals surface area contributed by atoms with Gasteiger partial charge in [-0.2, -0.15) is 0 Å². The molecule has 1 aromatic rings. The summed E-state index contributed by atoms with van der Waals surface area (Å²) >= 11 is 0. The lowest BCUT2D eigenvalue weighted by Gasteiger charge is -2.50. The van der Waals surface area contributed by atoms with Gasteiger partial charge >= 0.3 is 0 Å². The molecule has 5 rings (SSSR count). The van der Waals surface area contributed by atoms with Crippen LogP contribution in [0.5, 0.6) is 5.75 Å². The molecule has 3 fully saturated rings. The van der Waals surface area contributed by atoms with Gasteiger partial charge in [0.1, 0.15) is 5.75 Å². The highest BCUT2D eigenvalue weighted by Crippen LogP contribution is 2.61. The van der Waals surface area contributed by atoms with E-state index in [1.807, 2.05) is 12.1 Å². The SMILES string of the molecule is COc1ccc2c(c1)C(=O)C[C@@H]1[C@H]3CC[C@@H](OC4CCCCO4)[C@]3(C)CC[C@@H]21. The summed E-state index contributed by atoms with van der Waals surface area (Å²) in [6.45, 7) is 3.25. The molecule has 0 spiro atoms. The van der Waals surface area contributed by atoms with Gasteiger partial charge in [0, 0.05) is 18.6 Å². The van der Waals surface area contributed by atoms with Crippen LogP contribution in [0.15, 0.2) is 18.2 Å². The molecule has 0 aromatic heterocycles. The van der Waals surface area contributed by atoms with Crippen molar-refractivity contribution >= 4 is 5.78 Å².